The minimum Gasteiger partial charge on any atom is -0.303 e. The van der Waals surface area contributed by atoms with Gasteiger partial charge in [0.05, 0.1) is 11.1 Å². The van der Waals surface area contributed by atoms with Gasteiger partial charge in [-0.05, 0) is 0 Å². The SMILES string of the molecule is O=C1CCS(=O)(=O)C1C1NCCS1. The van der Waals surface area contributed by atoms with E-state index in [0.29, 0.717) is 0 Å². The van der Waals surface area contributed by atoms with Crippen LogP contribution in [-0.4, -0.2) is 42.9 Å². The molecule has 2 rings (SSSR count). The van der Waals surface area contributed by atoms with Crippen molar-refractivity contribution in [3.8, 4) is 0 Å². The number of carbonyl (C=O) groups excluding carboxylic acids is 1. The fourth-order valence-corrected chi connectivity index (χ4v) is 5.24. The second kappa shape index (κ2) is 3.25. The molecule has 0 bridgehead atoms. The number of carbonyl (C=O) groups is 1. The summed E-state index contributed by atoms with van der Waals surface area (Å²) in [5, 5.41) is 2.08. The lowest BCUT2D eigenvalue weighted by Crippen LogP contribution is -2.40. The van der Waals surface area contributed by atoms with Gasteiger partial charge in [-0.2, -0.15) is 0 Å². The van der Waals surface area contributed by atoms with Crippen LogP contribution in [0.3, 0.4) is 0 Å². The summed E-state index contributed by atoms with van der Waals surface area (Å²) in [6, 6.07) is 0. The summed E-state index contributed by atoms with van der Waals surface area (Å²) in [7, 11) is -3.15. The number of Topliss-reactive ketones (excluding diaryl/α,β-unsaturated/α-hetero) is 1. The number of hydrogen-bond acceptors (Lipinski definition) is 5. The molecule has 2 saturated heterocycles. The molecular formula is C7H11NO3S2. The van der Waals surface area contributed by atoms with Crippen molar-refractivity contribution in [2.24, 2.45) is 0 Å². The van der Waals surface area contributed by atoms with Crippen LogP contribution in [0.1, 0.15) is 6.42 Å². The molecule has 2 heterocycles. The van der Waals surface area contributed by atoms with Crippen LogP contribution >= 0.6 is 11.8 Å². The minimum absolute atomic E-state index is 0.0369. The molecule has 2 atom stereocenters. The van der Waals surface area contributed by atoms with Crippen molar-refractivity contribution in [2.75, 3.05) is 18.1 Å². The Bertz CT molecular complexity index is 319. The van der Waals surface area contributed by atoms with Gasteiger partial charge < -0.3 is 5.32 Å². The van der Waals surface area contributed by atoms with E-state index in [4.69, 9.17) is 0 Å². The Morgan fingerprint density at radius 3 is 2.69 bits per heavy atom. The summed E-state index contributed by atoms with van der Waals surface area (Å²) in [4.78, 5) is 11.3. The van der Waals surface area contributed by atoms with Gasteiger partial charge in [0.1, 0.15) is 5.25 Å². The number of rotatable bonds is 1. The van der Waals surface area contributed by atoms with E-state index in [2.05, 4.69) is 5.32 Å². The lowest BCUT2D eigenvalue weighted by molar-refractivity contribution is -0.117. The fraction of sp³-hybridized carbons (Fsp3) is 0.857. The Balaban J connectivity index is 2.24. The highest BCUT2D eigenvalue weighted by Crippen LogP contribution is 2.28. The maximum absolute atomic E-state index is 11.5. The molecule has 2 aliphatic rings. The zero-order valence-corrected chi connectivity index (χ0v) is 8.66. The number of nitrogens with one attached hydrogen (secondary N) is 1. The van der Waals surface area contributed by atoms with E-state index < -0.39 is 15.1 Å². The second-order valence-corrected chi connectivity index (χ2v) is 6.74. The van der Waals surface area contributed by atoms with Gasteiger partial charge in [0, 0.05) is 18.7 Å². The third-order valence-corrected chi connectivity index (χ3v) is 5.85. The summed E-state index contributed by atoms with van der Waals surface area (Å²) in [5.74, 6) is 0.811. The zero-order chi connectivity index (χ0) is 9.47. The maximum Gasteiger partial charge on any atom is 0.163 e. The maximum atomic E-state index is 11.5. The summed E-state index contributed by atoms with van der Waals surface area (Å²) in [5.41, 5.74) is 0. The van der Waals surface area contributed by atoms with Gasteiger partial charge in [0.15, 0.2) is 15.6 Å². The van der Waals surface area contributed by atoms with Crippen molar-refractivity contribution in [1.29, 1.82) is 0 Å². The second-order valence-electron chi connectivity index (χ2n) is 3.25. The Labute approximate surface area is 81.4 Å². The first-order valence-corrected chi connectivity index (χ1v) is 6.97. The predicted octanol–water partition coefficient (Wildman–Crippen LogP) is -0.595. The Morgan fingerprint density at radius 1 is 1.46 bits per heavy atom. The highest BCUT2D eigenvalue weighted by Gasteiger charge is 2.45. The van der Waals surface area contributed by atoms with E-state index in [1.54, 1.807) is 0 Å². The van der Waals surface area contributed by atoms with Gasteiger partial charge in [0.25, 0.3) is 0 Å². The molecule has 0 aromatic carbocycles. The molecule has 0 amide bonds. The summed E-state index contributed by atoms with van der Waals surface area (Å²) in [6.07, 6.45) is 0.200. The van der Waals surface area contributed by atoms with E-state index in [1.807, 2.05) is 0 Å². The van der Waals surface area contributed by atoms with Crippen molar-refractivity contribution in [3.05, 3.63) is 0 Å². The number of sulfone groups is 1. The highest BCUT2D eigenvalue weighted by atomic mass is 32.2. The van der Waals surface area contributed by atoms with Gasteiger partial charge >= 0.3 is 0 Å². The summed E-state index contributed by atoms with van der Waals surface area (Å²) < 4.78 is 23.0. The van der Waals surface area contributed by atoms with Gasteiger partial charge in [0.2, 0.25) is 0 Å². The average molecular weight is 221 g/mol. The highest BCUT2D eigenvalue weighted by molar-refractivity contribution is 8.02. The van der Waals surface area contributed by atoms with Crippen molar-refractivity contribution < 1.29 is 13.2 Å². The van der Waals surface area contributed by atoms with Gasteiger partial charge in [-0.25, -0.2) is 8.42 Å². The molecule has 0 saturated carbocycles. The monoisotopic (exact) mass is 221 g/mol. The number of ketones is 1. The van der Waals surface area contributed by atoms with Gasteiger partial charge in [-0.3, -0.25) is 4.79 Å². The Morgan fingerprint density at radius 2 is 2.23 bits per heavy atom. The number of thioether (sulfide) groups is 1. The largest absolute Gasteiger partial charge is 0.303 e. The molecule has 0 radical (unpaired) electrons. The van der Waals surface area contributed by atoms with Crippen LogP contribution in [0.5, 0.6) is 0 Å². The van der Waals surface area contributed by atoms with Crippen molar-refractivity contribution in [3.63, 3.8) is 0 Å². The normalized spacial score (nSPS) is 38.3. The van der Waals surface area contributed by atoms with E-state index in [0.717, 1.165) is 12.3 Å². The third-order valence-electron chi connectivity index (χ3n) is 2.36. The third kappa shape index (κ3) is 1.62. The van der Waals surface area contributed by atoms with Crippen molar-refractivity contribution in [1.82, 2.24) is 5.32 Å². The number of hydrogen-bond donors (Lipinski definition) is 1. The molecule has 74 valence electrons. The topological polar surface area (TPSA) is 63.2 Å². The van der Waals surface area contributed by atoms with E-state index in [1.165, 1.54) is 11.8 Å². The van der Waals surface area contributed by atoms with Crippen LogP contribution in [0.2, 0.25) is 0 Å². The molecule has 13 heavy (non-hydrogen) atoms. The molecule has 0 aromatic rings. The van der Waals surface area contributed by atoms with Crippen molar-refractivity contribution in [2.45, 2.75) is 17.0 Å². The lowest BCUT2D eigenvalue weighted by Gasteiger charge is -2.14. The molecule has 2 aliphatic heterocycles. The van der Waals surface area contributed by atoms with Crippen LogP contribution in [0.4, 0.5) is 0 Å². The summed E-state index contributed by atoms with van der Waals surface area (Å²) in [6.45, 7) is 0.800. The molecule has 0 aromatic heterocycles. The van der Waals surface area contributed by atoms with Crippen molar-refractivity contribution >= 4 is 27.4 Å². The standard InChI is InChI=1S/C7H11NO3S2/c9-5-1-4-13(10,11)6(5)7-8-2-3-12-7/h6-8H,1-4H2. The first-order chi connectivity index (χ1) is 6.11. The van der Waals surface area contributed by atoms with E-state index in [-0.39, 0.29) is 23.3 Å². The Kier molecular flexibility index (Phi) is 2.37. The molecule has 4 nitrogen and oxygen atoms in total. The molecule has 1 N–H and O–H groups in total. The van der Waals surface area contributed by atoms with Crippen LogP contribution in [-0.2, 0) is 14.6 Å². The molecule has 6 heteroatoms. The first kappa shape index (κ1) is 9.48. The predicted molar refractivity (Wildman–Crippen MR) is 51.4 cm³/mol. The van der Waals surface area contributed by atoms with Crippen LogP contribution in [0, 0.1) is 0 Å². The van der Waals surface area contributed by atoms with Crippen LogP contribution < -0.4 is 5.32 Å². The van der Waals surface area contributed by atoms with Crippen LogP contribution in [0.25, 0.3) is 0 Å². The van der Waals surface area contributed by atoms with Crippen LogP contribution in [0.15, 0.2) is 0 Å². The molecule has 0 spiro atoms. The molecule has 2 unspecified atom stereocenters. The Hall–Kier alpha value is -0.0700. The first-order valence-electron chi connectivity index (χ1n) is 4.20. The smallest absolute Gasteiger partial charge is 0.163 e. The summed E-state index contributed by atoms with van der Waals surface area (Å²) >= 11 is 1.53. The quantitative estimate of drug-likeness (QED) is 0.641. The van der Waals surface area contributed by atoms with E-state index in [9.17, 15) is 13.2 Å². The van der Waals surface area contributed by atoms with E-state index >= 15 is 0 Å². The molecule has 2 fully saturated rings. The minimum atomic E-state index is -3.15. The average Bonchev–Trinajstić information content (AvgIpc) is 2.60. The van der Waals surface area contributed by atoms with Gasteiger partial charge in [-0.1, -0.05) is 0 Å². The fourth-order valence-electron chi connectivity index (χ4n) is 1.71. The molecule has 0 aliphatic carbocycles. The van der Waals surface area contributed by atoms with Gasteiger partial charge in [-0.15, -0.1) is 11.8 Å². The lowest BCUT2D eigenvalue weighted by atomic mass is 10.2. The molecular weight excluding hydrogens is 210 g/mol. The zero-order valence-electron chi connectivity index (χ0n) is 7.02.